The van der Waals surface area contributed by atoms with E-state index in [0.29, 0.717) is 12.3 Å². The van der Waals surface area contributed by atoms with Crippen LogP contribution in [-0.2, 0) is 14.8 Å². The Morgan fingerprint density at radius 2 is 1.96 bits per heavy atom. The number of para-hydroxylation sites is 1. The summed E-state index contributed by atoms with van der Waals surface area (Å²) in [7, 11) is -4.10. The number of nitrogens with one attached hydrogen (secondary N) is 1. The molecule has 1 N–H and O–H groups in total. The third-order valence-electron chi connectivity index (χ3n) is 3.28. The maximum atomic E-state index is 12.4. The van der Waals surface area contributed by atoms with Crippen LogP contribution in [-0.4, -0.2) is 32.7 Å². The number of sulfonamides is 1. The molecule has 8 nitrogen and oxygen atoms in total. The molecule has 2 aromatic rings. The summed E-state index contributed by atoms with van der Waals surface area (Å²) in [6.45, 7) is 0.862. The number of hydrogen-bond donors (Lipinski definition) is 1. The first kappa shape index (κ1) is 16.2. The van der Waals surface area contributed by atoms with Gasteiger partial charge in [-0.3, -0.25) is 14.8 Å². The van der Waals surface area contributed by atoms with E-state index in [1.54, 1.807) is 30.3 Å². The molecule has 126 valence electrons. The van der Waals surface area contributed by atoms with Crippen molar-refractivity contribution in [3.63, 3.8) is 0 Å². The Kier molecular flexibility index (Phi) is 4.36. The molecule has 1 unspecified atom stereocenters. The third-order valence-corrected chi connectivity index (χ3v) is 4.71. The second-order valence-electron chi connectivity index (χ2n) is 5.12. The molecule has 9 heteroatoms. The van der Waals surface area contributed by atoms with Crippen molar-refractivity contribution in [1.82, 2.24) is 0 Å². The van der Waals surface area contributed by atoms with Crippen LogP contribution in [0.25, 0.3) is 0 Å². The molecule has 0 radical (unpaired) electrons. The summed E-state index contributed by atoms with van der Waals surface area (Å²) in [5.41, 5.74) is -0.231. The smallest absolute Gasteiger partial charge is 0.293 e. The van der Waals surface area contributed by atoms with Gasteiger partial charge in [-0.2, -0.15) is 0 Å². The number of nitro groups is 1. The predicted octanol–water partition coefficient (Wildman–Crippen LogP) is 2.17. The third kappa shape index (κ3) is 3.81. The fraction of sp³-hybridized carbons (Fsp3) is 0.200. The predicted molar refractivity (Wildman–Crippen MR) is 85.6 cm³/mol. The van der Waals surface area contributed by atoms with Gasteiger partial charge in [0.25, 0.3) is 15.7 Å². The van der Waals surface area contributed by atoms with Gasteiger partial charge >= 0.3 is 0 Å². The lowest BCUT2D eigenvalue weighted by molar-refractivity contribution is -0.387. The summed E-state index contributed by atoms with van der Waals surface area (Å²) in [6, 6.07) is 11.8. The molecule has 0 aromatic heterocycles. The number of benzene rings is 2. The minimum absolute atomic E-state index is 0.00721. The average molecular weight is 350 g/mol. The molecule has 2 aromatic carbocycles. The fourth-order valence-corrected chi connectivity index (χ4v) is 3.24. The second kappa shape index (κ2) is 6.46. The van der Waals surface area contributed by atoms with Crippen LogP contribution in [0.3, 0.4) is 0 Å². The van der Waals surface area contributed by atoms with Crippen LogP contribution in [0.1, 0.15) is 0 Å². The van der Waals surface area contributed by atoms with Crippen molar-refractivity contribution in [2.75, 3.05) is 17.9 Å². The van der Waals surface area contributed by atoms with Crippen LogP contribution >= 0.6 is 0 Å². The number of hydrogen-bond acceptors (Lipinski definition) is 6. The van der Waals surface area contributed by atoms with Gasteiger partial charge in [-0.15, -0.1) is 0 Å². The maximum absolute atomic E-state index is 12.4. The molecule has 0 bridgehead atoms. The second-order valence-corrected chi connectivity index (χ2v) is 6.78. The standard InChI is InChI=1S/C15H14N2O6S/c18-17(19)14-8-12(22-9-13-10-23-13)6-7-15(14)24(20,21)16-11-4-2-1-3-5-11/h1-8,13,16H,9-10H2. The minimum atomic E-state index is -4.10. The highest BCUT2D eigenvalue weighted by Gasteiger charge is 2.28. The minimum Gasteiger partial charge on any atom is -0.491 e. The summed E-state index contributed by atoms with van der Waals surface area (Å²) in [5, 5.41) is 11.3. The molecule has 3 rings (SSSR count). The van der Waals surface area contributed by atoms with E-state index in [4.69, 9.17) is 9.47 Å². The van der Waals surface area contributed by atoms with Crippen molar-refractivity contribution in [3.05, 3.63) is 58.6 Å². The quantitative estimate of drug-likeness (QED) is 0.465. The number of rotatable bonds is 7. The topological polar surface area (TPSA) is 111 Å². The zero-order valence-corrected chi connectivity index (χ0v) is 13.2. The molecular weight excluding hydrogens is 336 g/mol. The van der Waals surface area contributed by atoms with E-state index in [-0.39, 0.29) is 18.5 Å². The average Bonchev–Trinajstić information content (AvgIpc) is 3.37. The molecule has 0 aliphatic carbocycles. The molecule has 0 saturated carbocycles. The highest BCUT2D eigenvalue weighted by Crippen LogP contribution is 2.30. The Labute approximate surface area is 138 Å². The highest BCUT2D eigenvalue weighted by atomic mass is 32.2. The molecular formula is C15H14N2O6S. The summed E-state index contributed by atoms with van der Waals surface area (Å²) >= 11 is 0. The van der Waals surface area contributed by atoms with Crippen molar-refractivity contribution < 1.29 is 22.8 Å². The first-order valence-electron chi connectivity index (χ1n) is 7.06. The number of anilines is 1. The van der Waals surface area contributed by atoms with Gasteiger partial charge in [-0.05, 0) is 24.3 Å². The lowest BCUT2D eigenvalue weighted by atomic mass is 10.3. The van der Waals surface area contributed by atoms with Gasteiger partial charge in [-0.25, -0.2) is 8.42 Å². The molecule has 1 fully saturated rings. The van der Waals surface area contributed by atoms with E-state index >= 15 is 0 Å². The normalized spacial score (nSPS) is 16.4. The summed E-state index contributed by atoms with van der Waals surface area (Å²) in [6.07, 6.45) is -0.00721. The molecule has 0 spiro atoms. The van der Waals surface area contributed by atoms with Crippen LogP contribution in [0, 0.1) is 10.1 Å². The molecule has 24 heavy (non-hydrogen) atoms. The SMILES string of the molecule is O=[N+]([O-])c1cc(OCC2CO2)ccc1S(=O)(=O)Nc1ccccc1. The molecule has 1 aliphatic heterocycles. The van der Waals surface area contributed by atoms with Gasteiger partial charge in [0, 0.05) is 5.69 Å². The van der Waals surface area contributed by atoms with Crippen molar-refractivity contribution in [3.8, 4) is 5.75 Å². The van der Waals surface area contributed by atoms with E-state index < -0.39 is 25.5 Å². The number of ether oxygens (including phenoxy) is 2. The van der Waals surface area contributed by atoms with Crippen LogP contribution < -0.4 is 9.46 Å². The summed E-state index contributed by atoms with van der Waals surface area (Å²) < 4.78 is 37.5. The molecule has 1 saturated heterocycles. The molecule has 0 amide bonds. The largest absolute Gasteiger partial charge is 0.491 e. The van der Waals surface area contributed by atoms with Crippen LogP contribution in [0.2, 0.25) is 0 Å². The van der Waals surface area contributed by atoms with Gasteiger partial charge in [0.2, 0.25) is 0 Å². The highest BCUT2D eigenvalue weighted by molar-refractivity contribution is 7.92. The first-order valence-corrected chi connectivity index (χ1v) is 8.55. The van der Waals surface area contributed by atoms with Gasteiger partial charge in [-0.1, -0.05) is 18.2 Å². The Hall–Kier alpha value is -2.65. The van der Waals surface area contributed by atoms with E-state index in [9.17, 15) is 18.5 Å². The van der Waals surface area contributed by atoms with Crippen molar-refractivity contribution in [2.24, 2.45) is 0 Å². The fourth-order valence-electron chi connectivity index (χ4n) is 2.03. The molecule has 1 heterocycles. The zero-order chi connectivity index (χ0) is 17.2. The van der Waals surface area contributed by atoms with Crippen LogP contribution in [0.5, 0.6) is 5.75 Å². The van der Waals surface area contributed by atoms with Crippen molar-refractivity contribution in [1.29, 1.82) is 0 Å². The van der Waals surface area contributed by atoms with E-state index in [1.807, 2.05) is 0 Å². The van der Waals surface area contributed by atoms with E-state index in [0.717, 1.165) is 12.1 Å². The monoisotopic (exact) mass is 350 g/mol. The Morgan fingerprint density at radius 1 is 1.25 bits per heavy atom. The zero-order valence-electron chi connectivity index (χ0n) is 12.4. The lowest BCUT2D eigenvalue weighted by Gasteiger charge is -2.10. The van der Waals surface area contributed by atoms with Crippen LogP contribution in [0.15, 0.2) is 53.4 Å². The van der Waals surface area contributed by atoms with E-state index in [1.165, 1.54) is 6.07 Å². The lowest BCUT2D eigenvalue weighted by Crippen LogP contribution is -2.15. The number of epoxide rings is 1. The first-order chi connectivity index (χ1) is 11.5. The molecule has 1 atom stereocenters. The van der Waals surface area contributed by atoms with Crippen molar-refractivity contribution in [2.45, 2.75) is 11.0 Å². The molecule has 1 aliphatic rings. The Morgan fingerprint density at radius 3 is 2.58 bits per heavy atom. The maximum Gasteiger partial charge on any atom is 0.293 e. The number of nitro benzene ring substituents is 1. The Bertz CT molecular complexity index is 850. The van der Waals surface area contributed by atoms with Gasteiger partial charge in [0.1, 0.15) is 18.5 Å². The van der Waals surface area contributed by atoms with E-state index in [2.05, 4.69) is 4.72 Å². The van der Waals surface area contributed by atoms with Gasteiger partial charge in [0.15, 0.2) is 4.90 Å². The van der Waals surface area contributed by atoms with Crippen molar-refractivity contribution >= 4 is 21.4 Å². The van der Waals surface area contributed by atoms with Crippen LogP contribution in [0.4, 0.5) is 11.4 Å². The van der Waals surface area contributed by atoms with Gasteiger partial charge in [0.05, 0.1) is 17.6 Å². The van der Waals surface area contributed by atoms with Gasteiger partial charge < -0.3 is 9.47 Å². The summed E-state index contributed by atoms with van der Waals surface area (Å²) in [4.78, 5) is 10.1. The number of nitrogens with zero attached hydrogens (tertiary/aromatic N) is 1. The summed E-state index contributed by atoms with van der Waals surface area (Å²) in [5.74, 6) is 0.218. The Balaban J connectivity index is 1.88.